The molecule has 1 aliphatic heterocycles. The number of nitrogens with zero attached hydrogens (tertiary/aromatic N) is 1. The molecule has 2 rings (SSSR count). The first kappa shape index (κ1) is 17.8. The lowest BCUT2D eigenvalue weighted by Gasteiger charge is -2.42. The van der Waals surface area contributed by atoms with Crippen molar-refractivity contribution in [3.05, 3.63) is 29.3 Å². The molecule has 1 fully saturated rings. The number of carbonyl (C=O) groups is 1. The van der Waals surface area contributed by atoms with E-state index in [1.54, 1.807) is 12.0 Å². The summed E-state index contributed by atoms with van der Waals surface area (Å²) in [6, 6.07) is 5.94. The topological polar surface area (TPSA) is 48.0 Å². The second-order valence-electron chi connectivity index (χ2n) is 6.79. The summed E-state index contributed by atoms with van der Waals surface area (Å²) in [5.74, 6) is 0.729. The Kier molecular flexibility index (Phi) is 5.65. The van der Waals surface area contributed by atoms with E-state index in [0.717, 1.165) is 11.3 Å². The first-order valence-corrected chi connectivity index (χ1v) is 7.95. The van der Waals surface area contributed by atoms with Crippen LogP contribution in [0.3, 0.4) is 0 Å². The maximum absolute atomic E-state index is 12.5. The van der Waals surface area contributed by atoms with Gasteiger partial charge in [-0.1, -0.05) is 17.7 Å². The summed E-state index contributed by atoms with van der Waals surface area (Å²) in [7, 11) is 1.64. The normalized spacial score (nSPS) is 20.4. The average Bonchev–Trinajstić information content (AvgIpc) is 2.44. The van der Waals surface area contributed by atoms with Crippen LogP contribution in [0.5, 0.6) is 5.75 Å². The Morgan fingerprint density at radius 2 is 2.13 bits per heavy atom. The van der Waals surface area contributed by atoms with Crippen LogP contribution in [0.4, 0.5) is 0 Å². The molecule has 1 aromatic rings. The molecule has 5 nitrogen and oxygen atoms in total. The van der Waals surface area contributed by atoms with Gasteiger partial charge in [0, 0.05) is 20.2 Å². The number of carbonyl (C=O) groups excluding carboxylic acids is 1. The van der Waals surface area contributed by atoms with Gasteiger partial charge in [-0.2, -0.15) is 0 Å². The summed E-state index contributed by atoms with van der Waals surface area (Å²) in [5.41, 5.74) is 1.84. The largest absolute Gasteiger partial charge is 0.484 e. The quantitative estimate of drug-likeness (QED) is 0.835. The summed E-state index contributed by atoms with van der Waals surface area (Å²) in [6.45, 7) is 9.60. The fraction of sp³-hybridized carbons (Fsp3) is 0.611. The first-order valence-electron chi connectivity index (χ1n) is 7.95. The Balaban J connectivity index is 1.96. The molecular formula is C18H27NO4. The van der Waals surface area contributed by atoms with E-state index in [0.29, 0.717) is 19.7 Å². The molecule has 0 saturated carbocycles. The van der Waals surface area contributed by atoms with Gasteiger partial charge in [0.15, 0.2) is 6.61 Å². The van der Waals surface area contributed by atoms with Crippen molar-refractivity contribution in [2.45, 2.75) is 39.4 Å². The summed E-state index contributed by atoms with van der Waals surface area (Å²) >= 11 is 0. The summed E-state index contributed by atoms with van der Waals surface area (Å²) in [5, 5.41) is 0. The molecule has 0 aromatic heterocycles. The number of morpholine rings is 1. The lowest BCUT2D eigenvalue weighted by atomic mass is 10.1. The van der Waals surface area contributed by atoms with Crippen LogP contribution in [0.25, 0.3) is 0 Å². The van der Waals surface area contributed by atoms with Crippen LogP contribution in [-0.2, 0) is 14.3 Å². The van der Waals surface area contributed by atoms with E-state index in [2.05, 4.69) is 0 Å². The SMILES string of the molecule is COC[C@H]1CN(C(=O)COc2ccc(C)cc2C)CC(C)(C)O1. The molecule has 5 heteroatoms. The van der Waals surface area contributed by atoms with E-state index in [4.69, 9.17) is 14.2 Å². The average molecular weight is 321 g/mol. The van der Waals surface area contributed by atoms with Gasteiger partial charge in [-0.05, 0) is 39.3 Å². The molecule has 0 radical (unpaired) electrons. The van der Waals surface area contributed by atoms with Gasteiger partial charge in [-0.3, -0.25) is 4.79 Å². The molecule has 0 spiro atoms. The van der Waals surface area contributed by atoms with Crippen LogP contribution < -0.4 is 4.74 Å². The van der Waals surface area contributed by atoms with Crippen molar-refractivity contribution in [2.24, 2.45) is 0 Å². The highest BCUT2D eigenvalue weighted by atomic mass is 16.5. The third-order valence-corrected chi connectivity index (χ3v) is 3.87. The molecule has 128 valence electrons. The molecule has 1 aliphatic rings. The van der Waals surface area contributed by atoms with E-state index in [1.165, 1.54) is 5.56 Å². The van der Waals surface area contributed by atoms with Crippen molar-refractivity contribution in [1.29, 1.82) is 0 Å². The van der Waals surface area contributed by atoms with Gasteiger partial charge >= 0.3 is 0 Å². The Hall–Kier alpha value is -1.59. The molecule has 1 heterocycles. The Morgan fingerprint density at radius 1 is 1.39 bits per heavy atom. The maximum atomic E-state index is 12.5. The van der Waals surface area contributed by atoms with Crippen LogP contribution in [0, 0.1) is 13.8 Å². The van der Waals surface area contributed by atoms with Gasteiger partial charge in [-0.15, -0.1) is 0 Å². The third kappa shape index (κ3) is 4.94. The number of hydrogen-bond donors (Lipinski definition) is 0. The fourth-order valence-electron chi connectivity index (χ4n) is 2.95. The zero-order chi connectivity index (χ0) is 17.0. The molecule has 1 aromatic carbocycles. The monoisotopic (exact) mass is 321 g/mol. The maximum Gasteiger partial charge on any atom is 0.260 e. The van der Waals surface area contributed by atoms with Crippen molar-refractivity contribution in [3.8, 4) is 5.75 Å². The van der Waals surface area contributed by atoms with Gasteiger partial charge in [0.2, 0.25) is 0 Å². The molecule has 23 heavy (non-hydrogen) atoms. The number of amides is 1. The number of hydrogen-bond acceptors (Lipinski definition) is 4. The van der Waals surface area contributed by atoms with Crippen molar-refractivity contribution in [1.82, 2.24) is 4.90 Å². The van der Waals surface area contributed by atoms with Crippen molar-refractivity contribution >= 4 is 5.91 Å². The van der Waals surface area contributed by atoms with Gasteiger partial charge in [-0.25, -0.2) is 0 Å². The smallest absolute Gasteiger partial charge is 0.260 e. The van der Waals surface area contributed by atoms with E-state index < -0.39 is 0 Å². The highest BCUT2D eigenvalue weighted by molar-refractivity contribution is 5.78. The van der Waals surface area contributed by atoms with E-state index in [9.17, 15) is 4.79 Å². The number of ether oxygens (including phenoxy) is 3. The minimum Gasteiger partial charge on any atom is -0.484 e. The minimum atomic E-state index is -0.378. The third-order valence-electron chi connectivity index (χ3n) is 3.87. The van der Waals surface area contributed by atoms with Crippen LogP contribution in [0.2, 0.25) is 0 Å². The molecule has 0 N–H and O–H groups in total. The molecule has 0 unspecified atom stereocenters. The number of aryl methyl sites for hydroxylation is 2. The van der Waals surface area contributed by atoms with Gasteiger partial charge in [0.1, 0.15) is 5.75 Å². The zero-order valence-corrected chi connectivity index (χ0v) is 14.7. The van der Waals surface area contributed by atoms with Gasteiger partial charge in [0.05, 0.1) is 18.3 Å². The number of benzene rings is 1. The van der Waals surface area contributed by atoms with Crippen LogP contribution >= 0.6 is 0 Å². The van der Waals surface area contributed by atoms with Crippen molar-refractivity contribution < 1.29 is 19.0 Å². The van der Waals surface area contributed by atoms with Crippen LogP contribution in [0.15, 0.2) is 18.2 Å². The Labute approximate surface area is 138 Å². The van der Waals surface area contributed by atoms with Crippen molar-refractivity contribution in [2.75, 3.05) is 33.4 Å². The fourth-order valence-corrected chi connectivity index (χ4v) is 2.95. The second-order valence-corrected chi connectivity index (χ2v) is 6.79. The lowest BCUT2D eigenvalue weighted by Crippen LogP contribution is -2.56. The highest BCUT2D eigenvalue weighted by Gasteiger charge is 2.35. The van der Waals surface area contributed by atoms with E-state index in [-0.39, 0.29) is 24.2 Å². The van der Waals surface area contributed by atoms with Crippen LogP contribution in [-0.4, -0.2) is 55.9 Å². The molecule has 0 bridgehead atoms. The van der Waals surface area contributed by atoms with Gasteiger partial charge in [0.25, 0.3) is 5.91 Å². The summed E-state index contributed by atoms with van der Waals surface area (Å²) in [4.78, 5) is 14.3. The standard InChI is InChI=1S/C18H27NO4/c1-13-6-7-16(14(2)8-13)22-11-17(20)19-9-15(10-21-5)23-18(3,4)12-19/h6-8,15H,9-12H2,1-5H3/t15-/m1/s1. The van der Waals surface area contributed by atoms with E-state index >= 15 is 0 Å². The minimum absolute atomic E-state index is 0.0255. The molecule has 0 aliphatic carbocycles. The molecule has 1 saturated heterocycles. The van der Waals surface area contributed by atoms with Crippen molar-refractivity contribution in [3.63, 3.8) is 0 Å². The molecule has 1 atom stereocenters. The molecule has 1 amide bonds. The predicted molar refractivity (Wildman–Crippen MR) is 88.8 cm³/mol. The number of methoxy groups -OCH3 is 1. The Bertz CT molecular complexity index is 556. The Morgan fingerprint density at radius 3 is 2.78 bits per heavy atom. The van der Waals surface area contributed by atoms with Gasteiger partial charge < -0.3 is 19.1 Å². The highest BCUT2D eigenvalue weighted by Crippen LogP contribution is 2.22. The van der Waals surface area contributed by atoms with E-state index in [1.807, 2.05) is 45.9 Å². The molecular weight excluding hydrogens is 294 g/mol. The number of rotatable bonds is 5. The first-order chi connectivity index (χ1) is 10.8. The second kappa shape index (κ2) is 7.32. The lowest BCUT2D eigenvalue weighted by molar-refractivity contribution is -0.170. The summed E-state index contributed by atoms with van der Waals surface area (Å²) < 4.78 is 16.8. The predicted octanol–water partition coefficient (Wildman–Crippen LogP) is 2.33. The summed E-state index contributed by atoms with van der Waals surface area (Å²) in [6.07, 6.45) is -0.103. The van der Waals surface area contributed by atoms with Crippen LogP contribution in [0.1, 0.15) is 25.0 Å². The zero-order valence-electron chi connectivity index (χ0n) is 14.7.